The number of aromatic carboxylic acids is 1. The number of aliphatic hydroxyl groups excluding tert-OH is 1. The van der Waals surface area contributed by atoms with E-state index in [1.807, 2.05) is 19.0 Å². The molecule has 0 aliphatic heterocycles. The van der Waals surface area contributed by atoms with Crippen LogP contribution < -0.4 is 10.6 Å². The number of carbonyl (C=O) groups is 2. The summed E-state index contributed by atoms with van der Waals surface area (Å²) < 4.78 is 0. The third kappa shape index (κ3) is 6.39. The monoisotopic (exact) mass is 270 g/mol. The van der Waals surface area contributed by atoms with Crippen LogP contribution >= 0.6 is 0 Å². The van der Waals surface area contributed by atoms with E-state index in [0.29, 0.717) is 5.56 Å². The maximum Gasteiger partial charge on any atom is 0.335 e. The van der Waals surface area contributed by atoms with E-state index in [2.05, 4.69) is 0 Å². The molecule has 19 heavy (non-hydrogen) atoms. The molecular formula is C12H18N2O5. The summed E-state index contributed by atoms with van der Waals surface area (Å²) in [6.07, 6.45) is 0. The molecule has 1 aromatic carbocycles. The van der Waals surface area contributed by atoms with Gasteiger partial charge in [-0.3, -0.25) is 4.79 Å². The van der Waals surface area contributed by atoms with Gasteiger partial charge in [-0.1, -0.05) is 0 Å². The van der Waals surface area contributed by atoms with Crippen LogP contribution in [0.25, 0.3) is 0 Å². The molecule has 0 aromatic heterocycles. The molecule has 0 bridgehead atoms. The molecule has 1 atom stereocenters. The van der Waals surface area contributed by atoms with Gasteiger partial charge in [0.25, 0.3) is 0 Å². The maximum atomic E-state index is 10.5. The van der Waals surface area contributed by atoms with Crippen molar-refractivity contribution < 1.29 is 24.9 Å². The number of rotatable bonds is 4. The smallest absolute Gasteiger partial charge is 0.335 e. The third-order valence-electron chi connectivity index (χ3n) is 2.14. The number of hydrogen-bond donors (Lipinski definition) is 4. The number of nitrogens with zero attached hydrogens (tertiary/aromatic N) is 1. The van der Waals surface area contributed by atoms with Gasteiger partial charge >= 0.3 is 11.9 Å². The highest BCUT2D eigenvalue weighted by Gasteiger charge is 2.07. The molecule has 0 heterocycles. The highest BCUT2D eigenvalue weighted by Crippen LogP contribution is 2.11. The molecule has 0 spiro atoms. The van der Waals surface area contributed by atoms with Crippen LogP contribution in [0.2, 0.25) is 0 Å². The second kappa shape index (κ2) is 8.06. The molecule has 0 saturated heterocycles. The van der Waals surface area contributed by atoms with Crippen LogP contribution in [0.15, 0.2) is 24.3 Å². The molecule has 1 aromatic rings. The maximum absolute atomic E-state index is 10.5. The Labute approximate surface area is 110 Å². The van der Waals surface area contributed by atoms with Crippen LogP contribution in [-0.2, 0) is 4.79 Å². The molecule has 5 N–H and O–H groups in total. The SMILES string of the molecule is CN(C)c1ccc(C(=O)O)cc1.NC(CO)C(=O)O. The minimum atomic E-state index is -1.18. The predicted molar refractivity (Wildman–Crippen MR) is 70.4 cm³/mol. The number of aliphatic carboxylic acids is 1. The number of anilines is 1. The van der Waals surface area contributed by atoms with E-state index in [0.717, 1.165) is 5.69 Å². The van der Waals surface area contributed by atoms with Crippen LogP contribution in [-0.4, -0.2) is 54.0 Å². The molecule has 1 unspecified atom stereocenters. The number of carboxylic acid groups (broad SMARTS) is 2. The van der Waals surface area contributed by atoms with Crippen molar-refractivity contribution in [1.82, 2.24) is 0 Å². The minimum absolute atomic E-state index is 0.320. The average molecular weight is 270 g/mol. The molecular weight excluding hydrogens is 252 g/mol. The Kier molecular flexibility index (Phi) is 7.16. The lowest BCUT2D eigenvalue weighted by Crippen LogP contribution is -2.33. The zero-order valence-corrected chi connectivity index (χ0v) is 10.8. The van der Waals surface area contributed by atoms with Crippen LogP contribution in [0.3, 0.4) is 0 Å². The Morgan fingerprint density at radius 2 is 1.68 bits per heavy atom. The van der Waals surface area contributed by atoms with Crippen molar-refractivity contribution in [2.24, 2.45) is 5.73 Å². The van der Waals surface area contributed by atoms with Gasteiger partial charge in [-0.15, -0.1) is 0 Å². The molecule has 0 radical (unpaired) electrons. The molecule has 0 amide bonds. The lowest BCUT2D eigenvalue weighted by Gasteiger charge is -2.11. The Morgan fingerprint density at radius 1 is 1.21 bits per heavy atom. The van der Waals surface area contributed by atoms with Gasteiger partial charge in [0.2, 0.25) is 0 Å². The van der Waals surface area contributed by atoms with E-state index in [-0.39, 0.29) is 0 Å². The fourth-order valence-electron chi connectivity index (χ4n) is 0.980. The van der Waals surface area contributed by atoms with Gasteiger partial charge in [-0.2, -0.15) is 0 Å². The summed E-state index contributed by atoms with van der Waals surface area (Å²) in [7, 11) is 3.82. The highest BCUT2D eigenvalue weighted by atomic mass is 16.4. The Hall–Kier alpha value is -2.12. The molecule has 1 rings (SSSR count). The average Bonchev–Trinajstić information content (AvgIpc) is 2.38. The summed E-state index contributed by atoms with van der Waals surface area (Å²) in [6, 6.07) is 5.63. The number of benzene rings is 1. The summed E-state index contributed by atoms with van der Waals surface area (Å²) in [5, 5.41) is 24.5. The predicted octanol–water partition coefficient (Wildman–Crippen LogP) is -0.159. The van der Waals surface area contributed by atoms with Crippen molar-refractivity contribution in [3.05, 3.63) is 29.8 Å². The van der Waals surface area contributed by atoms with Gasteiger partial charge in [-0.25, -0.2) is 4.79 Å². The third-order valence-corrected chi connectivity index (χ3v) is 2.14. The van der Waals surface area contributed by atoms with Gasteiger partial charge in [0.1, 0.15) is 6.04 Å². The first kappa shape index (κ1) is 16.9. The second-order valence-electron chi connectivity index (χ2n) is 3.87. The zero-order chi connectivity index (χ0) is 15.0. The lowest BCUT2D eigenvalue weighted by molar-refractivity contribution is -0.139. The largest absolute Gasteiger partial charge is 0.480 e. The molecule has 7 heteroatoms. The first-order valence-electron chi connectivity index (χ1n) is 5.39. The molecule has 0 aliphatic carbocycles. The van der Waals surface area contributed by atoms with Crippen LogP contribution in [0, 0.1) is 0 Å². The summed E-state index contributed by atoms with van der Waals surface area (Å²) in [6.45, 7) is -0.505. The van der Waals surface area contributed by atoms with Crippen molar-refractivity contribution in [3.63, 3.8) is 0 Å². The molecule has 106 valence electrons. The van der Waals surface area contributed by atoms with Gasteiger partial charge < -0.3 is 26.0 Å². The molecule has 7 nitrogen and oxygen atoms in total. The minimum Gasteiger partial charge on any atom is -0.480 e. The molecule has 0 fully saturated rings. The van der Waals surface area contributed by atoms with E-state index in [1.54, 1.807) is 24.3 Å². The number of carboxylic acids is 2. The van der Waals surface area contributed by atoms with E-state index < -0.39 is 24.6 Å². The van der Waals surface area contributed by atoms with Gasteiger partial charge in [0.05, 0.1) is 12.2 Å². The number of aliphatic hydroxyl groups is 1. The zero-order valence-electron chi connectivity index (χ0n) is 10.8. The first-order valence-corrected chi connectivity index (χ1v) is 5.39. The highest BCUT2D eigenvalue weighted by molar-refractivity contribution is 5.88. The van der Waals surface area contributed by atoms with E-state index >= 15 is 0 Å². The van der Waals surface area contributed by atoms with Crippen molar-refractivity contribution in [3.8, 4) is 0 Å². The van der Waals surface area contributed by atoms with E-state index in [1.165, 1.54) is 0 Å². The summed E-state index contributed by atoms with van der Waals surface area (Å²) in [5.74, 6) is -2.07. The van der Waals surface area contributed by atoms with Crippen LogP contribution in [0.5, 0.6) is 0 Å². The van der Waals surface area contributed by atoms with Crippen LogP contribution in [0.1, 0.15) is 10.4 Å². The van der Waals surface area contributed by atoms with Crippen molar-refractivity contribution in [2.75, 3.05) is 25.6 Å². The van der Waals surface area contributed by atoms with Gasteiger partial charge in [0, 0.05) is 19.8 Å². The van der Waals surface area contributed by atoms with E-state index in [4.69, 9.17) is 21.1 Å². The molecule has 0 aliphatic rings. The molecule has 0 saturated carbocycles. The van der Waals surface area contributed by atoms with Crippen molar-refractivity contribution in [2.45, 2.75) is 6.04 Å². The second-order valence-corrected chi connectivity index (χ2v) is 3.87. The Bertz CT molecular complexity index is 417. The number of nitrogens with two attached hydrogens (primary N) is 1. The summed E-state index contributed by atoms with van der Waals surface area (Å²) in [4.78, 5) is 22.0. The van der Waals surface area contributed by atoms with Crippen LogP contribution in [0.4, 0.5) is 5.69 Å². The normalized spacial score (nSPS) is 10.9. The standard InChI is InChI=1S/C9H11NO2.C3H7NO3/c1-10(2)8-5-3-7(4-6-8)9(11)12;4-2(1-5)3(6)7/h3-6H,1-2H3,(H,11,12);2,5H,1,4H2,(H,6,7). The summed E-state index contributed by atoms with van der Waals surface area (Å²) >= 11 is 0. The fourth-order valence-corrected chi connectivity index (χ4v) is 0.980. The van der Waals surface area contributed by atoms with E-state index in [9.17, 15) is 9.59 Å². The Morgan fingerprint density at radius 3 is 1.89 bits per heavy atom. The van der Waals surface area contributed by atoms with Gasteiger partial charge in [0.15, 0.2) is 0 Å². The number of hydrogen-bond acceptors (Lipinski definition) is 5. The first-order chi connectivity index (χ1) is 8.79. The van der Waals surface area contributed by atoms with Crippen molar-refractivity contribution >= 4 is 17.6 Å². The Balaban J connectivity index is 0.000000399. The lowest BCUT2D eigenvalue weighted by atomic mass is 10.2. The van der Waals surface area contributed by atoms with Gasteiger partial charge in [-0.05, 0) is 24.3 Å². The fraction of sp³-hybridized carbons (Fsp3) is 0.333. The topological polar surface area (TPSA) is 124 Å². The summed E-state index contributed by atoms with van der Waals surface area (Å²) in [5.41, 5.74) is 6.09. The van der Waals surface area contributed by atoms with Crippen molar-refractivity contribution in [1.29, 1.82) is 0 Å². The quantitative estimate of drug-likeness (QED) is 0.599.